The number of hydrogen-bond donors (Lipinski definition) is 1. The summed E-state index contributed by atoms with van der Waals surface area (Å²) < 4.78 is 1.83. The zero-order valence-corrected chi connectivity index (χ0v) is 13.2. The third-order valence-corrected chi connectivity index (χ3v) is 5.21. The molecule has 0 radical (unpaired) electrons. The van der Waals surface area contributed by atoms with Crippen molar-refractivity contribution < 1.29 is 0 Å². The Balaban J connectivity index is 2.08. The lowest BCUT2D eigenvalue weighted by Crippen LogP contribution is -2.41. The molecule has 3 nitrogen and oxygen atoms in total. The van der Waals surface area contributed by atoms with Crippen LogP contribution in [-0.2, 0) is 12.5 Å². The first kappa shape index (κ1) is 14.6. The van der Waals surface area contributed by atoms with Gasteiger partial charge in [0, 0.05) is 12.5 Å². The highest BCUT2D eigenvalue weighted by Crippen LogP contribution is 2.48. The lowest BCUT2D eigenvalue weighted by Gasteiger charge is -2.42. The van der Waals surface area contributed by atoms with Crippen LogP contribution >= 0.6 is 11.6 Å². The fourth-order valence-electron chi connectivity index (χ4n) is 3.76. The van der Waals surface area contributed by atoms with Crippen molar-refractivity contribution in [1.29, 1.82) is 0 Å². The highest BCUT2D eigenvalue weighted by molar-refractivity contribution is 6.31. The number of nitrogens with zero attached hydrogens (tertiary/aromatic N) is 2. The number of aromatic nitrogens is 2. The van der Waals surface area contributed by atoms with Crippen molar-refractivity contribution in [3.05, 3.63) is 52.8 Å². The maximum atomic E-state index is 6.74. The van der Waals surface area contributed by atoms with Crippen molar-refractivity contribution in [3.63, 3.8) is 0 Å². The van der Waals surface area contributed by atoms with Gasteiger partial charge in [0.1, 0.15) is 0 Å². The van der Waals surface area contributed by atoms with E-state index in [1.165, 1.54) is 24.8 Å². The van der Waals surface area contributed by atoms with E-state index in [-0.39, 0.29) is 11.5 Å². The molecule has 0 amide bonds. The predicted molar refractivity (Wildman–Crippen MR) is 86.4 cm³/mol. The van der Waals surface area contributed by atoms with Gasteiger partial charge in [-0.05, 0) is 18.4 Å². The van der Waals surface area contributed by atoms with Crippen molar-refractivity contribution in [1.82, 2.24) is 9.78 Å². The zero-order valence-electron chi connectivity index (χ0n) is 12.4. The van der Waals surface area contributed by atoms with Gasteiger partial charge in [0.05, 0.1) is 23.0 Å². The van der Waals surface area contributed by atoms with Gasteiger partial charge in [0.25, 0.3) is 0 Å². The van der Waals surface area contributed by atoms with Crippen LogP contribution in [0.4, 0.5) is 0 Å². The molecule has 1 heterocycles. The molecule has 0 bridgehead atoms. The lowest BCUT2D eigenvalue weighted by atomic mass is 9.64. The average molecular weight is 304 g/mol. The van der Waals surface area contributed by atoms with Crippen LogP contribution in [0.3, 0.4) is 0 Å². The quantitative estimate of drug-likeness (QED) is 0.932. The maximum Gasteiger partial charge on any atom is 0.0834 e. The largest absolute Gasteiger partial charge is 0.322 e. The summed E-state index contributed by atoms with van der Waals surface area (Å²) in [5, 5.41) is 4.93. The van der Waals surface area contributed by atoms with E-state index in [1.807, 2.05) is 11.7 Å². The Morgan fingerprint density at radius 3 is 2.43 bits per heavy atom. The Hall–Kier alpha value is -1.32. The Morgan fingerprint density at radius 2 is 1.86 bits per heavy atom. The van der Waals surface area contributed by atoms with Crippen molar-refractivity contribution in [3.8, 4) is 0 Å². The second-order valence-electron chi connectivity index (χ2n) is 6.06. The zero-order chi connectivity index (χ0) is 14.9. The van der Waals surface area contributed by atoms with E-state index >= 15 is 0 Å². The van der Waals surface area contributed by atoms with Gasteiger partial charge < -0.3 is 5.73 Å². The first-order valence-corrected chi connectivity index (χ1v) is 8.01. The molecule has 0 spiro atoms. The van der Waals surface area contributed by atoms with E-state index in [0.29, 0.717) is 5.02 Å². The molecular formula is C17H22ClN3. The van der Waals surface area contributed by atoms with Gasteiger partial charge in [0.2, 0.25) is 0 Å². The van der Waals surface area contributed by atoms with Crippen molar-refractivity contribution in [2.45, 2.75) is 43.6 Å². The number of aryl methyl sites for hydroxylation is 1. The Kier molecular flexibility index (Phi) is 4.05. The third kappa shape index (κ3) is 2.49. The summed E-state index contributed by atoms with van der Waals surface area (Å²) in [6.07, 6.45) is 7.65. The number of hydrogen-bond acceptors (Lipinski definition) is 2. The fourth-order valence-corrected chi connectivity index (χ4v) is 4.05. The van der Waals surface area contributed by atoms with Gasteiger partial charge in [0.15, 0.2) is 0 Å². The molecule has 0 aliphatic heterocycles. The minimum absolute atomic E-state index is 0.0308. The summed E-state index contributed by atoms with van der Waals surface area (Å²) in [6.45, 7) is 0. The van der Waals surface area contributed by atoms with E-state index in [9.17, 15) is 0 Å². The first-order valence-electron chi connectivity index (χ1n) is 7.64. The number of halogens is 1. The molecule has 2 N–H and O–H groups in total. The molecule has 21 heavy (non-hydrogen) atoms. The summed E-state index contributed by atoms with van der Waals surface area (Å²) >= 11 is 6.35. The molecule has 0 saturated heterocycles. The number of nitrogens with two attached hydrogens (primary N) is 1. The predicted octanol–water partition coefficient (Wildman–Crippen LogP) is 3.98. The Labute approximate surface area is 131 Å². The normalized spacial score (nSPS) is 19.4. The molecule has 2 aromatic rings. The Morgan fingerprint density at radius 1 is 1.19 bits per heavy atom. The SMILES string of the molecule is Cn1ncc(Cl)c1C(N)C1(c2ccccc2)CCCCC1. The lowest BCUT2D eigenvalue weighted by molar-refractivity contribution is 0.237. The smallest absolute Gasteiger partial charge is 0.0834 e. The van der Waals surface area contributed by atoms with E-state index in [1.54, 1.807) is 6.20 Å². The van der Waals surface area contributed by atoms with E-state index in [4.69, 9.17) is 17.3 Å². The van der Waals surface area contributed by atoms with E-state index in [2.05, 4.69) is 35.4 Å². The van der Waals surface area contributed by atoms with E-state index < -0.39 is 0 Å². The maximum absolute atomic E-state index is 6.74. The van der Waals surface area contributed by atoms with Crippen LogP contribution in [0.1, 0.15) is 49.4 Å². The van der Waals surface area contributed by atoms with Crippen LogP contribution in [0.5, 0.6) is 0 Å². The topological polar surface area (TPSA) is 43.8 Å². The van der Waals surface area contributed by atoms with Crippen molar-refractivity contribution in [2.75, 3.05) is 0 Å². The summed E-state index contributed by atoms with van der Waals surface area (Å²) in [6, 6.07) is 10.5. The summed E-state index contributed by atoms with van der Waals surface area (Å²) in [5.74, 6) is 0. The van der Waals surface area contributed by atoms with Crippen LogP contribution < -0.4 is 5.73 Å². The Bertz CT molecular complexity index is 580. The summed E-state index contributed by atoms with van der Waals surface area (Å²) in [4.78, 5) is 0. The standard InChI is InChI=1S/C17H22ClN3/c1-21-15(14(18)12-20-21)16(19)17(10-6-3-7-11-17)13-8-4-2-5-9-13/h2,4-5,8-9,12,16H,3,6-7,10-11,19H2,1H3. The molecule has 1 saturated carbocycles. The molecular weight excluding hydrogens is 282 g/mol. The molecule has 1 aliphatic carbocycles. The van der Waals surface area contributed by atoms with Crippen molar-refractivity contribution >= 4 is 11.6 Å². The average Bonchev–Trinajstić information content (AvgIpc) is 2.87. The van der Waals surface area contributed by atoms with Gasteiger partial charge in [-0.1, -0.05) is 61.2 Å². The van der Waals surface area contributed by atoms with Crippen molar-refractivity contribution in [2.24, 2.45) is 12.8 Å². The van der Waals surface area contributed by atoms with Gasteiger partial charge in [-0.3, -0.25) is 4.68 Å². The minimum Gasteiger partial charge on any atom is -0.322 e. The third-order valence-electron chi connectivity index (χ3n) is 4.92. The van der Waals surface area contributed by atoms with Gasteiger partial charge in [-0.25, -0.2) is 0 Å². The number of benzene rings is 1. The van der Waals surface area contributed by atoms with Crippen LogP contribution in [0.15, 0.2) is 36.5 Å². The highest BCUT2D eigenvalue weighted by Gasteiger charge is 2.42. The van der Waals surface area contributed by atoms with Gasteiger partial charge in [-0.15, -0.1) is 0 Å². The van der Waals surface area contributed by atoms with Crippen LogP contribution in [-0.4, -0.2) is 9.78 Å². The molecule has 3 rings (SSSR count). The van der Waals surface area contributed by atoms with Gasteiger partial charge in [-0.2, -0.15) is 5.10 Å². The van der Waals surface area contributed by atoms with Crippen LogP contribution in [0.2, 0.25) is 5.02 Å². The monoisotopic (exact) mass is 303 g/mol. The summed E-state index contributed by atoms with van der Waals surface area (Å²) in [5.41, 5.74) is 8.98. The molecule has 1 atom stereocenters. The van der Waals surface area contributed by atoms with Crippen LogP contribution in [0, 0.1) is 0 Å². The van der Waals surface area contributed by atoms with Gasteiger partial charge >= 0.3 is 0 Å². The first-order chi connectivity index (χ1) is 10.1. The second kappa shape index (κ2) is 5.82. The fraction of sp³-hybridized carbons (Fsp3) is 0.471. The summed E-state index contributed by atoms with van der Waals surface area (Å²) in [7, 11) is 1.92. The molecule has 1 unspecified atom stereocenters. The molecule has 1 aliphatic rings. The second-order valence-corrected chi connectivity index (χ2v) is 6.47. The van der Waals surface area contributed by atoms with Crippen LogP contribution in [0.25, 0.3) is 0 Å². The minimum atomic E-state index is -0.125. The number of rotatable bonds is 3. The molecule has 1 aromatic heterocycles. The molecule has 1 aromatic carbocycles. The molecule has 112 valence electrons. The van der Waals surface area contributed by atoms with E-state index in [0.717, 1.165) is 18.5 Å². The molecule has 1 fully saturated rings. The molecule has 4 heteroatoms. The highest BCUT2D eigenvalue weighted by atomic mass is 35.5.